The number of amides is 1. The standard InChI is InChI=1S/C25H24ClFN2O/c26-17-3-6-19(7-4-17)29-25(30)21-9-2-15-13-16(21)1-8-20(15)22-11-12-28-24-10-5-18(27)14-23(22)24/h3-7,10-12,14-16,20-21H,1-2,8-9,13H2,(H,29,30)/t15-,16-,20+,21-/m1/s1. The molecule has 2 saturated carbocycles. The Hall–Kier alpha value is -2.46. The molecule has 1 N–H and O–H groups in total. The van der Waals surface area contributed by atoms with Gasteiger partial charge in [-0.15, -0.1) is 0 Å². The van der Waals surface area contributed by atoms with Gasteiger partial charge in [0.15, 0.2) is 0 Å². The van der Waals surface area contributed by atoms with E-state index in [1.807, 2.05) is 18.3 Å². The van der Waals surface area contributed by atoms with Crippen molar-refractivity contribution in [3.05, 3.63) is 71.1 Å². The van der Waals surface area contributed by atoms with Crippen LogP contribution in [-0.2, 0) is 4.79 Å². The second-order valence-electron chi connectivity index (χ2n) is 8.68. The molecule has 1 amide bonds. The molecule has 30 heavy (non-hydrogen) atoms. The number of nitrogens with one attached hydrogen (secondary N) is 1. The van der Waals surface area contributed by atoms with Gasteiger partial charge < -0.3 is 5.32 Å². The normalized spacial score (nSPS) is 25.8. The molecule has 1 aromatic heterocycles. The quantitative estimate of drug-likeness (QED) is 0.518. The number of fused-ring (bicyclic) bond motifs is 3. The fourth-order valence-corrected chi connectivity index (χ4v) is 5.73. The number of pyridine rings is 1. The fraction of sp³-hybridized carbons (Fsp3) is 0.360. The number of benzene rings is 2. The predicted octanol–water partition coefficient (Wildman–Crippen LogP) is 6.58. The zero-order chi connectivity index (χ0) is 20.7. The summed E-state index contributed by atoms with van der Waals surface area (Å²) in [5.41, 5.74) is 2.87. The van der Waals surface area contributed by atoms with Crippen LogP contribution in [0.1, 0.15) is 43.6 Å². The number of anilines is 1. The third kappa shape index (κ3) is 3.69. The second-order valence-corrected chi connectivity index (χ2v) is 9.12. The van der Waals surface area contributed by atoms with E-state index in [-0.39, 0.29) is 17.6 Å². The third-order valence-corrected chi connectivity index (χ3v) is 7.28. The van der Waals surface area contributed by atoms with Gasteiger partial charge in [-0.05, 0) is 104 Å². The fourth-order valence-electron chi connectivity index (χ4n) is 5.60. The zero-order valence-electron chi connectivity index (χ0n) is 16.7. The van der Waals surface area contributed by atoms with E-state index in [1.165, 1.54) is 11.6 Å². The van der Waals surface area contributed by atoms with Gasteiger partial charge in [-0.25, -0.2) is 4.39 Å². The molecule has 2 fully saturated rings. The van der Waals surface area contributed by atoms with Crippen molar-refractivity contribution in [3.8, 4) is 0 Å². The van der Waals surface area contributed by atoms with Crippen LogP contribution in [0.3, 0.4) is 0 Å². The average molecular weight is 423 g/mol. The van der Waals surface area contributed by atoms with E-state index in [1.54, 1.807) is 24.3 Å². The van der Waals surface area contributed by atoms with Gasteiger partial charge in [-0.2, -0.15) is 0 Å². The highest BCUT2D eigenvalue weighted by Crippen LogP contribution is 2.51. The van der Waals surface area contributed by atoms with Crippen molar-refractivity contribution in [3.63, 3.8) is 0 Å². The SMILES string of the molecule is O=C(Nc1ccc(Cl)cc1)[C@@H]1CC[C@@H]2C[C@H]1CC[C@@H]2c1ccnc2ccc(F)cc12. The van der Waals surface area contributed by atoms with Gasteiger partial charge in [0.1, 0.15) is 5.82 Å². The summed E-state index contributed by atoms with van der Waals surface area (Å²) in [6.45, 7) is 0. The van der Waals surface area contributed by atoms with Gasteiger partial charge in [0, 0.05) is 28.2 Å². The van der Waals surface area contributed by atoms with Gasteiger partial charge in [-0.3, -0.25) is 9.78 Å². The number of carbonyl (C=O) groups is 1. The van der Waals surface area contributed by atoms with Gasteiger partial charge in [0.05, 0.1) is 5.52 Å². The molecule has 0 aliphatic heterocycles. The summed E-state index contributed by atoms with van der Waals surface area (Å²) >= 11 is 5.94. The van der Waals surface area contributed by atoms with Crippen LogP contribution in [0, 0.1) is 23.6 Å². The van der Waals surface area contributed by atoms with Gasteiger partial charge in [0.25, 0.3) is 0 Å². The molecule has 2 aliphatic carbocycles. The van der Waals surface area contributed by atoms with E-state index in [4.69, 9.17) is 11.6 Å². The monoisotopic (exact) mass is 422 g/mol. The Balaban J connectivity index is 1.32. The second kappa shape index (κ2) is 7.99. The number of carbonyl (C=O) groups excluding carboxylic acids is 1. The van der Waals surface area contributed by atoms with Crippen molar-refractivity contribution < 1.29 is 9.18 Å². The first-order valence-corrected chi connectivity index (χ1v) is 11.1. The lowest BCUT2D eigenvalue weighted by atomic mass is 9.61. The Morgan fingerprint density at radius 3 is 2.63 bits per heavy atom. The van der Waals surface area contributed by atoms with Crippen molar-refractivity contribution in [2.75, 3.05) is 5.32 Å². The molecular weight excluding hydrogens is 399 g/mol. The summed E-state index contributed by atoms with van der Waals surface area (Å²) in [5.74, 6) is 1.33. The minimum atomic E-state index is -0.215. The molecule has 5 rings (SSSR count). The molecule has 0 saturated heterocycles. The third-order valence-electron chi connectivity index (χ3n) is 7.03. The number of aromatic nitrogens is 1. The Labute approximate surface area is 180 Å². The summed E-state index contributed by atoms with van der Waals surface area (Å²) in [6, 6.07) is 14.2. The van der Waals surface area contributed by atoms with Crippen LogP contribution < -0.4 is 5.32 Å². The van der Waals surface area contributed by atoms with Crippen LogP contribution in [-0.4, -0.2) is 10.9 Å². The van der Waals surface area contributed by atoms with Crippen LogP contribution in [0.5, 0.6) is 0 Å². The Bertz CT molecular complexity index is 1080. The molecule has 2 aromatic carbocycles. The van der Waals surface area contributed by atoms with Crippen LogP contribution in [0.25, 0.3) is 10.9 Å². The van der Waals surface area contributed by atoms with E-state index in [0.717, 1.165) is 48.7 Å². The smallest absolute Gasteiger partial charge is 0.227 e. The number of hydrogen-bond acceptors (Lipinski definition) is 2. The first-order chi connectivity index (χ1) is 14.6. The molecule has 0 unspecified atom stereocenters. The van der Waals surface area contributed by atoms with Gasteiger partial charge in [0.2, 0.25) is 5.91 Å². The molecule has 5 heteroatoms. The Morgan fingerprint density at radius 2 is 1.80 bits per heavy atom. The molecule has 0 spiro atoms. The Kier molecular flexibility index (Phi) is 5.20. The largest absolute Gasteiger partial charge is 0.326 e. The van der Waals surface area contributed by atoms with Gasteiger partial charge >= 0.3 is 0 Å². The lowest BCUT2D eigenvalue weighted by Gasteiger charge is -2.44. The van der Waals surface area contributed by atoms with Gasteiger partial charge in [-0.1, -0.05) is 11.6 Å². The first kappa shape index (κ1) is 19.5. The number of nitrogens with zero attached hydrogens (tertiary/aromatic N) is 1. The van der Waals surface area contributed by atoms with E-state index < -0.39 is 0 Å². The topological polar surface area (TPSA) is 42.0 Å². The zero-order valence-corrected chi connectivity index (χ0v) is 17.4. The lowest BCUT2D eigenvalue weighted by molar-refractivity contribution is -0.123. The van der Waals surface area contributed by atoms with Crippen molar-refractivity contribution in [2.45, 2.75) is 38.0 Å². The van der Waals surface area contributed by atoms with Crippen LogP contribution >= 0.6 is 11.6 Å². The number of hydrogen-bond donors (Lipinski definition) is 1. The molecule has 2 bridgehead atoms. The Morgan fingerprint density at radius 1 is 1.00 bits per heavy atom. The van der Waals surface area contributed by atoms with E-state index in [9.17, 15) is 9.18 Å². The summed E-state index contributed by atoms with van der Waals surface area (Å²) in [6.07, 6.45) is 6.89. The minimum Gasteiger partial charge on any atom is -0.326 e. The van der Waals surface area contributed by atoms with Crippen molar-refractivity contribution in [1.29, 1.82) is 0 Å². The maximum Gasteiger partial charge on any atom is 0.227 e. The highest BCUT2D eigenvalue weighted by molar-refractivity contribution is 6.30. The maximum absolute atomic E-state index is 13.9. The maximum atomic E-state index is 13.9. The van der Waals surface area contributed by atoms with Crippen LogP contribution in [0.15, 0.2) is 54.7 Å². The molecular formula is C25H24ClFN2O. The van der Waals surface area contributed by atoms with Crippen molar-refractivity contribution in [1.82, 2.24) is 4.98 Å². The molecule has 3 aromatic rings. The van der Waals surface area contributed by atoms with Crippen LogP contribution in [0.2, 0.25) is 5.02 Å². The molecule has 2 aliphatic rings. The van der Waals surface area contributed by atoms with E-state index >= 15 is 0 Å². The summed E-state index contributed by atoms with van der Waals surface area (Å²) in [7, 11) is 0. The first-order valence-electron chi connectivity index (χ1n) is 10.7. The molecule has 3 nitrogen and oxygen atoms in total. The summed E-state index contributed by atoms with van der Waals surface area (Å²) < 4.78 is 13.9. The van der Waals surface area contributed by atoms with E-state index in [0.29, 0.717) is 22.8 Å². The van der Waals surface area contributed by atoms with Crippen LogP contribution in [0.4, 0.5) is 10.1 Å². The highest BCUT2D eigenvalue weighted by Gasteiger charge is 2.42. The summed E-state index contributed by atoms with van der Waals surface area (Å²) in [4.78, 5) is 17.3. The highest BCUT2D eigenvalue weighted by atomic mass is 35.5. The van der Waals surface area contributed by atoms with E-state index in [2.05, 4.69) is 16.4 Å². The molecule has 0 radical (unpaired) electrons. The molecule has 154 valence electrons. The average Bonchev–Trinajstić information content (AvgIpc) is 2.75. The minimum absolute atomic E-state index is 0.0597. The molecule has 4 atom stereocenters. The van der Waals surface area contributed by atoms with Crippen molar-refractivity contribution >= 4 is 34.1 Å². The predicted molar refractivity (Wildman–Crippen MR) is 118 cm³/mol. The lowest BCUT2D eigenvalue weighted by Crippen LogP contribution is -2.39. The number of halogens is 2. The summed E-state index contributed by atoms with van der Waals surface area (Å²) in [5, 5.41) is 4.66. The van der Waals surface area contributed by atoms with Crippen molar-refractivity contribution in [2.24, 2.45) is 17.8 Å². The number of rotatable bonds is 3. The molecule has 1 heterocycles.